The smallest absolute Gasteiger partial charge is 0.275 e. The molecular weight excluding hydrogens is 564 g/mol. The van der Waals surface area contributed by atoms with Gasteiger partial charge in [0.25, 0.3) is 5.91 Å². The van der Waals surface area contributed by atoms with Gasteiger partial charge in [-0.3, -0.25) is 14.7 Å². The molecule has 4 aromatic rings. The topological polar surface area (TPSA) is 96.8 Å². The van der Waals surface area contributed by atoms with Gasteiger partial charge in [0.1, 0.15) is 5.69 Å². The molecule has 3 aliphatic rings. The van der Waals surface area contributed by atoms with Crippen molar-refractivity contribution >= 4 is 22.6 Å². The van der Waals surface area contributed by atoms with Crippen LogP contribution in [0.5, 0.6) is 0 Å². The number of carbonyl (C=O) groups excluding carboxylic acids is 1. The number of amides is 1. The van der Waals surface area contributed by atoms with E-state index in [4.69, 9.17) is 9.47 Å². The van der Waals surface area contributed by atoms with Crippen LogP contribution in [0.15, 0.2) is 79.0 Å². The lowest BCUT2D eigenvalue weighted by molar-refractivity contribution is -0.253. The molecule has 7 rings (SSSR count). The quantitative estimate of drug-likeness (QED) is 0.238. The Kier molecular flexibility index (Phi) is 7.94. The van der Waals surface area contributed by atoms with Gasteiger partial charge in [-0.2, -0.15) is 0 Å². The molecule has 1 aromatic heterocycles. The molecule has 1 saturated carbocycles. The molecule has 2 saturated heterocycles. The van der Waals surface area contributed by atoms with Gasteiger partial charge in [-0.25, -0.2) is 4.98 Å². The number of benzene rings is 3. The third kappa shape index (κ3) is 6.51. The van der Waals surface area contributed by atoms with Crippen molar-refractivity contribution < 1.29 is 19.4 Å². The summed E-state index contributed by atoms with van der Waals surface area (Å²) in [6, 6.07) is 23.7. The number of anilines is 1. The van der Waals surface area contributed by atoms with Crippen molar-refractivity contribution in [1.82, 2.24) is 14.9 Å². The lowest BCUT2D eigenvalue weighted by Crippen LogP contribution is -2.42. The summed E-state index contributed by atoms with van der Waals surface area (Å²) in [5.41, 5.74) is 5.78. The lowest BCUT2D eigenvalue weighted by atomic mass is 9.65. The maximum Gasteiger partial charge on any atom is 0.275 e. The Morgan fingerprint density at radius 2 is 1.78 bits per heavy atom. The fourth-order valence-corrected chi connectivity index (χ4v) is 8.11. The molecule has 0 spiro atoms. The van der Waals surface area contributed by atoms with Crippen LogP contribution in [0.4, 0.5) is 5.69 Å². The van der Waals surface area contributed by atoms with Crippen molar-refractivity contribution in [3.63, 3.8) is 0 Å². The highest BCUT2D eigenvalue weighted by Crippen LogP contribution is 2.53. The van der Waals surface area contributed by atoms with Crippen molar-refractivity contribution in [2.45, 2.75) is 77.6 Å². The predicted molar refractivity (Wildman–Crippen MR) is 173 cm³/mol. The minimum Gasteiger partial charge on any atom is -0.392 e. The molecule has 3 aromatic carbocycles. The number of carbonyl (C=O) groups is 1. The molecule has 8 nitrogen and oxygen atoms in total. The Balaban J connectivity index is 1.11. The van der Waals surface area contributed by atoms with Gasteiger partial charge in [0.2, 0.25) is 0 Å². The van der Waals surface area contributed by atoms with Crippen LogP contribution in [0.2, 0.25) is 0 Å². The van der Waals surface area contributed by atoms with E-state index in [0.29, 0.717) is 28.1 Å². The van der Waals surface area contributed by atoms with E-state index in [2.05, 4.69) is 41.0 Å². The van der Waals surface area contributed by atoms with E-state index in [1.54, 1.807) is 0 Å². The van der Waals surface area contributed by atoms with Crippen molar-refractivity contribution in [1.29, 1.82) is 0 Å². The second-order valence-electron chi connectivity index (χ2n) is 14.3. The Hall–Kier alpha value is -3.69. The normalized spacial score (nSPS) is 27.8. The summed E-state index contributed by atoms with van der Waals surface area (Å²) < 4.78 is 13.3. The van der Waals surface area contributed by atoms with Gasteiger partial charge < -0.3 is 19.9 Å². The Labute approximate surface area is 264 Å². The number of hydrogen-bond donors (Lipinski definition) is 2. The molecule has 2 N–H and O–H groups in total. The maximum atomic E-state index is 13.1. The average molecular weight is 607 g/mol. The van der Waals surface area contributed by atoms with Crippen molar-refractivity contribution in [2.75, 3.05) is 18.4 Å². The number of fused-ring (bicyclic) bond motifs is 3. The molecule has 1 amide bonds. The summed E-state index contributed by atoms with van der Waals surface area (Å²) in [5.74, 6) is -0.327. The van der Waals surface area contributed by atoms with Crippen LogP contribution >= 0.6 is 0 Å². The maximum absolute atomic E-state index is 13.1. The number of likely N-dealkylation sites (tertiary alicyclic amines) is 1. The minimum atomic E-state index is -0.599. The molecule has 2 bridgehead atoms. The number of rotatable bonds is 7. The first-order valence-corrected chi connectivity index (χ1v) is 16.0. The summed E-state index contributed by atoms with van der Waals surface area (Å²) in [5, 5.41) is 12.6. The van der Waals surface area contributed by atoms with Crippen LogP contribution in [-0.2, 0) is 16.1 Å². The number of hydrogen-bond acceptors (Lipinski definition) is 7. The molecule has 234 valence electrons. The van der Waals surface area contributed by atoms with Crippen LogP contribution in [0.1, 0.15) is 86.0 Å². The van der Waals surface area contributed by atoms with E-state index in [0.717, 1.165) is 41.7 Å². The van der Waals surface area contributed by atoms with Gasteiger partial charge in [-0.05, 0) is 65.5 Å². The number of nitrogens with one attached hydrogen (secondary N) is 1. The van der Waals surface area contributed by atoms with Crippen molar-refractivity contribution in [3.05, 3.63) is 101 Å². The van der Waals surface area contributed by atoms with Gasteiger partial charge in [0.05, 0.1) is 36.0 Å². The van der Waals surface area contributed by atoms with Gasteiger partial charge in [0.15, 0.2) is 6.29 Å². The highest BCUT2D eigenvalue weighted by Gasteiger charge is 2.50. The molecule has 3 fully saturated rings. The summed E-state index contributed by atoms with van der Waals surface area (Å²) in [7, 11) is 0. The van der Waals surface area contributed by atoms with Crippen LogP contribution in [-0.4, -0.2) is 51.1 Å². The largest absolute Gasteiger partial charge is 0.392 e. The molecule has 45 heavy (non-hydrogen) atoms. The zero-order valence-corrected chi connectivity index (χ0v) is 26.3. The SMILES string of the molecule is CC1(C)CC2CC(C)(CN2C[C@@H]2C[C@H](c3ccc(CO)cc3)O[C@H](c3cccc(NC(=O)c4cnc5ccccc5n4)c3)O2)C1. The monoisotopic (exact) mass is 606 g/mol. The fourth-order valence-electron chi connectivity index (χ4n) is 8.11. The number of aliphatic hydroxyl groups is 1. The van der Waals surface area contributed by atoms with Crippen molar-refractivity contribution in [3.8, 4) is 0 Å². The molecule has 1 aliphatic carbocycles. The lowest BCUT2D eigenvalue weighted by Gasteiger charge is -2.41. The summed E-state index contributed by atoms with van der Waals surface area (Å²) in [6.07, 6.45) is 5.18. The molecule has 8 heteroatoms. The minimum absolute atomic E-state index is 0.00886. The van der Waals surface area contributed by atoms with Crippen LogP contribution in [0.3, 0.4) is 0 Å². The molecule has 2 aliphatic heterocycles. The van der Waals surface area contributed by atoms with E-state index < -0.39 is 6.29 Å². The van der Waals surface area contributed by atoms with Crippen LogP contribution in [0, 0.1) is 10.8 Å². The Morgan fingerprint density at radius 3 is 2.58 bits per heavy atom. The van der Waals surface area contributed by atoms with E-state index >= 15 is 0 Å². The Bertz CT molecular complexity index is 1690. The number of ether oxygens (including phenoxy) is 2. The number of para-hydroxylation sites is 2. The highest BCUT2D eigenvalue weighted by atomic mass is 16.7. The van der Waals surface area contributed by atoms with E-state index in [9.17, 15) is 9.90 Å². The first-order chi connectivity index (χ1) is 21.6. The number of aromatic nitrogens is 2. The first-order valence-electron chi connectivity index (χ1n) is 16.0. The predicted octanol–water partition coefficient (Wildman–Crippen LogP) is 6.82. The van der Waals surface area contributed by atoms with Gasteiger partial charge in [0, 0.05) is 36.8 Å². The fraction of sp³-hybridized carbons (Fsp3) is 0.432. The van der Waals surface area contributed by atoms with Crippen molar-refractivity contribution in [2.24, 2.45) is 10.8 Å². The zero-order chi connectivity index (χ0) is 31.2. The molecule has 2 unspecified atom stereocenters. The number of nitrogens with zero attached hydrogens (tertiary/aromatic N) is 3. The number of aliphatic hydroxyl groups excluding tert-OH is 1. The highest BCUT2D eigenvalue weighted by molar-refractivity contribution is 6.03. The molecule has 5 atom stereocenters. The first kappa shape index (κ1) is 30.0. The third-order valence-electron chi connectivity index (χ3n) is 9.67. The second kappa shape index (κ2) is 11.9. The van der Waals surface area contributed by atoms with E-state index in [1.165, 1.54) is 25.5 Å². The van der Waals surface area contributed by atoms with Gasteiger partial charge in [-0.1, -0.05) is 69.3 Å². The third-order valence-corrected chi connectivity index (χ3v) is 9.67. The van der Waals surface area contributed by atoms with Crippen LogP contribution in [0.25, 0.3) is 11.0 Å². The summed E-state index contributed by atoms with van der Waals surface area (Å²) >= 11 is 0. The Morgan fingerprint density at radius 1 is 0.978 bits per heavy atom. The van der Waals surface area contributed by atoms with Gasteiger partial charge >= 0.3 is 0 Å². The second-order valence-corrected chi connectivity index (χ2v) is 14.3. The van der Waals surface area contributed by atoms with E-state index in [1.807, 2.05) is 72.8 Å². The molecular formula is C37H42N4O4. The summed E-state index contributed by atoms with van der Waals surface area (Å²) in [4.78, 5) is 24.7. The summed E-state index contributed by atoms with van der Waals surface area (Å²) in [6.45, 7) is 9.23. The van der Waals surface area contributed by atoms with E-state index in [-0.39, 0.29) is 30.4 Å². The van der Waals surface area contributed by atoms with Crippen LogP contribution < -0.4 is 5.32 Å². The molecule has 0 radical (unpaired) electrons. The average Bonchev–Trinajstić information content (AvgIpc) is 3.27. The van der Waals surface area contributed by atoms with Gasteiger partial charge in [-0.15, -0.1) is 0 Å². The zero-order valence-electron chi connectivity index (χ0n) is 26.3. The standard InChI is InChI=1S/C37H42N4O4/c1-36(2)17-28-18-37(3,22-36)23-41(28)20-29-16-33(25-13-11-24(21-42)12-14-25)45-35(44-29)26-7-6-8-27(15-26)39-34(43)32-19-38-30-9-4-5-10-31(30)40-32/h4-15,19,28-29,33,35,42H,16-18,20-23H2,1-3H3,(H,39,43)/t28?,29-,33+,35+,37?/m0/s1. The molecule has 3 heterocycles.